The largest absolute Gasteiger partial charge is 0.480 e. The van der Waals surface area contributed by atoms with Crippen LogP contribution in [0.25, 0.3) is 10.9 Å². The number of nitrogens with zero attached hydrogens (tertiary/aromatic N) is 3. The molecule has 3 atom stereocenters. The molecular weight excluding hydrogens is 398 g/mol. The molecule has 1 saturated heterocycles. The summed E-state index contributed by atoms with van der Waals surface area (Å²) in [5.74, 6) is -1.72. The van der Waals surface area contributed by atoms with Crippen LogP contribution in [0.2, 0.25) is 0 Å². The molecule has 2 aromatic heterocycles. The van der Waals surface area contributed by atoms with Gasteiger partial charge in [0.2, 0.25) is 0 Å². The molecule has 0 aliphatic carbocycles. The summed E-state index contributed by atoms with van der Waals surface area (Å²) in [6.45, 7) is 1.70. The normalized spacial score (nSPS) is 21.6. The fourth-order valence-electron chi connectivity index (χ4n) is 5.40. The molecule has 8 heteroatoms. The molecule has 160 valence electrons. The molecule has 2 N–H and O–H groups in total. The average Bonchev–Trinajstić information content (AvgIpc) is 3.04. The highest BCUT2D eigenvalue weighted by molar-refractivity contribution is 5.96. The first kappa shape index (κ1) is 19.6. The van der Waals surface area contributed by atoms with Gasteiger partial charge < -0.3 is 19.3 Å². The fourth-order valence-corrected chi connectivity index (χ4v) is 5.40. The first-order valence-corrected chi connectivity index (χ1v) is 10.3. The number of fused-ring (bicyclic) bond motifs is 5. The highest BCUT2D eigenvalue weighted by Crippen LogP contribution is 2.40. The second-order valence-electron chi connectivity index (χ2n) is 8.63. The van der Waals surface area contributed by atoms with Crippen molar-refractivity contribution in [2.45, 2.75) is 24.9 Å². The number of piperidine rings is 1. The number of aromatic nitrogens is 2. The number of pyridine rings is 1. The lowest BCUT2D eigenvalue weighted by Gasteiger charge is -2.44. The van der Waals surface area contributed by atoms with E-state index in [1.807, 2.05) is 27.1 Å². The van der Waals surface area contributed by atoms with Crippen molar-refractivity contribution in [3.05, 3.63) is 69.8 Å². The van der Waals surface area contributed by atoms with E-state index in [2.05, 4.69) is 0 Å². The molecule has 0 amide bonds. The Morgan fingerprint density at radius 2 is 1.90 bits per heavy atom. The number of likely N-dealkylation sites (tertiary alicyclic amines) is 1. The molecule has 2 bridgehead atoms. The summed E-state index contributed by atoms with van der Waals surface area (Å²) in [5, 5.41) is 20.2. The van der Waals surface area contributed by atoms with Crippen LogP contribution in [0.3, 0.4) is 0 Å². The van der Waals surface area contributed by atoms with Crippen LogP contribution in [0.4, 0.5) is 0 Å². The minimum absolute atomic E-state index is 0.00862. The standard InChI is InChI=1S/C23H23N3O5/c1-24-12-17(16-8-14(22(28)29)5-6-19(16)24)21(23(30)31)25-9-13-7-15(11-25)18-3-2-4-20(27)26(18)10-13/h2-6,8,12-13,15,21H,7,9-11H2,1H3,(H,28,29)(H,30,31)/t13-,15-,21-/m1/s1. The van der Waals surface area contributed by atoms with Gasteiger partial charge in [0.15, 0.2) is 0 Å². The van der Waals surface area contributed by atoms with Gasteiger partial charge in [0.1, 0.15) is 6.04 Å². The van der Waals surface area contributed by atoms with Crippen molar-refractivity contribution < 1.29 is 19.8 Å². The minimum atomic E-state index is -1.04. The summed E-state index contributed by atoms with van der Waals surface area (Å²) < 4.78 is 3.66. The number of rotatable bonds is 4. The lowest BCUT2D eigenvalue weighted by Crippen LogP contribution is -2.49. The van der Waals surface area contributed by atoms with E-state index in [-0.39, 0.29) is 23.0 Å². The van der Waals surface area contributed by atoms with Crippen molar-refractivity contribution in [3.8, 4) is 0 Å². The smallest absolute Gasteiger partial charge is 0.335 e. The van der Waals surface area contributed by atoms with Gasteiger partial charge in [-0.1, -0.05) is 6.07 Å². The Morgan fingerprint density at radius 3 is 2.65 bits per heavy atom. The molecule has 4 heterocycles. The number of carbonyl (C=O) groups is 2. The molecule has 2 aliphatic heterocycles. The topological polar surface area (TPSA) is 105 Å². The van der Waals surface area contributed by atoms with Crippen molar-refractivity contribution >= 4 is 22.8 Å². The van der Waals surface area contributed by atoms with Crippen molar-refractivity contribution in [3.63, 3.8) is 0 Å². The van der Waals surface area contributed by atoms with Crippen molar-refractivity contribution in [1.29, 1.82) is 0 Å². The van der Waals surface area contributed by atoms with Crippen LogP contribution < -0.4 is 5.56 Å². The minimum Gasteiger partial charge on any atom is -0.480 e. The summed E-state index contributed by atoms with van der Waals surface area (Å²) in [4.78, 5) is 38.2. The van der Waals surface area contributed by atoms with E-state index in [4.69, 9.17) is 0 Å². The summed E-state index contributed by atoms with van der Waals surface area (Å²) in [7, 11) is 1.83. The second kappa shape index (κ2) is 7.09. The van der Waals surface area contributed by atoms with Gasteiger partial charge in [-0.05, 0) is 36.6 Å². The van der Waals surface area contributed by atoms with Crippen LogP contribution in [0, 0.1) is 5.92 Å². The van der Waals surface area contributed by atoms with Gasteiger partial charge >= 0.3 is 11.9 Å². The molecule has 0 radical (unpaired) electrons. The molecule has 31 heavy (non-hydrogen) atoms. The molecular formula is C23H23N3O5. The van der Waals surface area contributed by atoms with Gasteiger partial charge in [-0.2, -0.15) is 0 Å². The third kappa shape index (κ3) is 3.14. The Balaban J connectivity index is 1.58. The van der Waals surface area contributed by atoms with E-state index in [0.717, 1.165) is 17.6 Å². The maximum Gasteiger partial charge on any atom is 0.335 e. The van der Waals surface area contributed by atoms with E-state index in [0.29, 0.717) is 30.6 Å². The molecule has 3 aromatic rings. The van der Waals surface area contributed by atoms with E-state index in [9.17, 15) is 24.6 Å². The van der Waals surface area contributed by atoms with Gasteiger partial charge in [-0.15, -0.1) is 0 Å². The zero-order chi connectivity index (χ0) is 21.9. The van der Waals surface area contributed by atoms with Gasteiger partial charge in [0.25, 0.3) is 5.56 Å². The number of hydrogen-bond donors (Lipinski definition) is 2. The first-order valence-electron chi connectivity index (χ1n) is 10.3. The number of aromatic carboxylic acids is 1. The molecule has 0 saturated carbocycles. The van der Waals surface area contributed by atoms with Crippen LogP contribution in [-0.4, -0.2) is 49.3 Å². The number of aliphatic carboxylic acids is 1. The molecule has 2 aliphatic rings. The first-order chi connectivity index (χ1) is 14.8. The van der Waals surface area contributed by atoms with E-state index < -0.39 is 18.0 Å². The Labute approximate surface area is 177 Å². The van der Waals surface area contributed by atoms with E-state index in [1.165, 1.54) is 6.07 Å². The second-order valence-corrected chi connectivity index (χ2v) is 8.63. The Kier molecular flexibility index (Phi) is 4.48. The number of carboxylic acids is 2. The van der Waals surface area contributed by atoms with Crippen LogP contribution >= 0.6 is 0 Å². The average molecular weight is 421 g/mol. The summed E-state index contributed by atoms with van der Waals surface area (Å²) >= 11 is 0. The highest BCUT2D eigenvalue weighted by Gasteiger charge is 2.40. The van der Waals surface area contributed by atoms with Crippen LogP contribution in [0.15, 0.2) is 47.4 Å². The molecule has 1 aromatic carbocycles. The number of carboxylic acid groups (broad SMARTS) is 2. The van der Waals surface area contributed by atoms with Crippen LogP contribution in [-0.2, 0) is 18.4 Å². The number of hydrogen-bond acceptors (Lipinski definition) is 4. The zero-order valence-electron chi connectivity index (χ0n) is 17.1. The quantitative estimate of drug-likeness (QED) is 0.670. The molecule has 0 unspecified atom stereocenters. The van der Waals surface area contributed by atoms with Gasteiger partial charge in [0.05, 0.1) is 5.56 Å². The van der Waals surface area contributed by atoms with Crippen molar-refractivity contribution in [2.75, 3.05) is 13.1 Å². The summed E-state index contributed by atoms with van der Waals surface area (Å²) in [6.07, 6.45) is 2.73. The van der Waals surface area contributed by atoms with Gasteiger partial charge in [0, 0.05) is 67.0 Å². The highest BCUT2D eigenvalue weighted by atomic mass is 16.4. The van der Waals surface area contributed by atoms with E-state index >= 15 is 0 Å². The lowest BCUT2D eigenvalue weighted by molar-refractivity contribution is -0.144. The third-order valence-corrected chi connectivity index (χ3v) is 6.67. The van der Waals surface area contributed by atoms with E-state index in [1.54, 1.807) is 30.5 Å². The van der Waals surface area contributed by atoms with Crippen molar-refractivity contribution in [2.24, 2.45) is 13.0 Å². The van der Waals surface area contributed by atoms with Crippen LogP contribution in [0.5, 0.6) is 0 Å². The maximum atomic E-state index is 12.5. The Morgan fingerprint density at radius 1 is 1.10 bits per heavy atom. The number of benzene rings is 1. The van der Waals surface area contributed by atoms with Gasteiger partial charge in [-0.3, -0.25) is 14.5 Å². The molecule has 5 rings (SSSR count). The molecule has 8 nitrogen and oxygen atoms in total. The maximum absolute atomic E-state index is 12.5. The third-order valence-electron chi connectivity index (χ3n) is 6.67. The monoisotopic (exact) mass is 421 g/mol. The number of aryl methyl sites for hydroxylation is 1. The molecule has 1 fully saturated rings. The Hall–Kier alpha value is -3.39. The van der Waals surface area contributed by atoms with Crippen molar-refractivity contribution in [1.82, 2.24) is 14.0 Å². The SMILES string of the molecule is Cn1cc([C@H](C(=O)O)N2C[C@H]3C[C@H](C2)c2cccc(=O)n2C3)c2cc(C(=O)O)ccc21. The predicted molar refractivity (Wildman–Crippen MR) is 113 cm³/mol. The zero-order valence-corrected chi connectivity index (χ0v) is 17.1. The summed E-state index contributed by atoms with van der Waals surface area (Å²) in [6, 6.07) is 9.21. The van der Waals surface area contributed by atoms with Gasteiger partial charge in [-0.25, -0.2) is 4.79 Å². The Bertz CT molecular complexity index is 1270. The predicted octanol–water partition coefficient (Wildman–Crippen LogP) is 2.28. The molecule has 0 spiro atoms. The van der Waals surface area contributed by atoms with Crippen LogP contribution in [0.1, 0.15) is 40.0 Å². The lowest BCUT2D eigenvalue weighted by atomic mass is 9.82. The fraction of sp³-hybridized carbons (Fsp3) is 0.348. The summed E-state index contributed by atoms with van der Waals surface area (Å²) in [5.41, 5.74) is 2.47.